The van der Waals surface area contributed by atoms with Crippen molar-refractivity contribution in [2.24, 2.45) is 0 Å². The highest BCUT2D eigenvalue weighted by molar-refractivity contribution is 7.90. The van der Waals surface area contributed by atoms with Crippen LogP contribution in [0.15, 0.2) is 77.7 Å². The molecule has 0 aromatic heterocycles. The van der Waals surface area contributed by atoms with E-state index < -0.39 is 15.7 Å². The van der Waals surface area contributed by atoms with Crippen molar-refractivity contribution in [2.75, 3.05) is 18.4 Å². The Labute approximate surface area is 198 Å². The third-order valence-corrected chi connectivity index (χ3v) is 7.47. The SMILES string of the molecule is O=C(Nc1ccc(Cl)cc1C(=O)N1CCCC1)c1ccc(CS(=O)(=O)c2ccccc2)cc1. The van der Waals surface area contributed by atoms with Crippen LogP contribution in [0.3, 0.4) is 0 Å². The fourth-order valence-electron chi connectivity index (χ4n) is 3.77. The minimum Gasteiger partial charge on any atom is -0.339 e. The Morgan fingerprint density at radius 1 is 0.909 bits per heavy atom. The molecule has 1 aliphatic rings. The van der Waals surface area contributed by atoms with Gasteiger partial charge in [-0.2, -0.15) is 0 Å². The summed E-state index contributed by atoms with van der Waals surface area (Å²) in [6.45, 7) is 1.37. The molecular formula is C25H23ClN2O4S. The van der Waals surface area contributed by atoms with Gasteiger partial charge in [0, 0.05) is 23.7 Å². The molecule has 0 unspecified atom stereocenters. The van der Waals surface area contributed by atoms with Crippen molar-refractivity contribution >= 4 is 38.9 Å². The quantitative estimate of drug-likeness (QED) is 0.547. The van der Waals surface area contributed by atoms with Crippen molar-refractivity contribution in [2.45, 2.75) is 23.5 Å². The lowest BCUT2D eigenvalue weighted by Gasteiger charge is -2.18. The van der Waals surface area contributed by atoms with Gasteiger partial charge >= 0.3 is 0 Å². The van der Waals surface area contributed by atoms with Crippen LogP contribution >= 0.6 is 11.6 Å². The number of halogens is 1. The second-order valence-electron chi connectivity index (χ2n) is 7.91. The average molecular weight is 483 g/mol. The van der Waals surface area contributed by atoms with Crippen molar-refractivity contribution < 1.29 is 18.0 Å². The van der Waals surface area contributed by atoms with Gasteiger partial charge in [0.2, 0.25) is 0 Å². The van der Waals surface area contributed by atoms with Gasteiger partial charge in [-0.1, -0.05) is 41.9 Å². The van der Waals surface area contributed by atoms with E-state index in [0.29, 0.717) is 40.5 Å². The van der Waals surface area contributed by atoms with Crippen molar-refractivity contribution in [1.29, 1.82) is 0 Å². The molecule has 1 N–H and O–H groups in total. The second-order valence-corrected chi connectivity index (χ2v) is 10.3. The van der Waals surface area contributed by atoms with Gasteiger partial charge in [-0.05, 0) is 60.9 Å². The molecular weight excluding hydrogens is 460 g/mol. The predicted octanol–water partition coefficient (Wildman–Crippen LogP) is 4.80. The Morgan fingerprint density at radius 3 is 2.24 bits per heavy atom. The molecule has 1 heterocycles. The van der Waals surface area contributed by atoms with Crippen molar-refractivity contribution in [3.63, 3.8) is 0 Å². The minimum atomic E-state index is -3.48. The summed E-state index contributed by atoms with van der Waals surface area (Å²) in [6.07, 6.45) is 1.92. The molecule has 170 valence electrons. The lowest BCUT2D eigenvalue weighted by molar-refractivity contribution is 0.0794. The third-order valence-electron chi connectivity index (χ3n) is 5.53. The Hall–Kier alpha value is -3.16. The van der Waals surface area contributed by atoms with E-state index in [0.717, 1.165) is 12.8 Å². The topological polar surface area (TPSA) is 83.6 Å². The van der Waals surface area contributed by atoms with E-state index in [2.05, 4.69) is 5.32 Å². The van der Waals surface area contributed by atoms with Gasteiger partial charge in [0.25, 0.3) is 11.8 Å². The van der Waals surface area contributed by atoms with Crippen LogP contribution in [0.2, 0.25) is 5.02 Å². The number of amides is 2. The van der Waals surface area contributed by atoms with Crippen molar-refractivity contribution in [1.82, 2.24) is 4.90 Å². The summed E-state index contributed by atoms with van der Waals surface area (Å²) in [5.41, 5.74) is 1.66. The van der Waals surface area contributed by atoms with E-state index in [4.69, 9.17) is 11.6 Å². The van der Waals surface area contributed by atoms with E-state index in [1.807, 2.05) is 0 Å². The van der Waals surface area contributed by atoms with Crippen LogP contribution < -0.4 is 5.32 Å². The summed E-state index contributed by atoms with van der Waals surface area (Å²) in [6, 6.07) is 19.4. The van der Waals surface area contributed by atoms with Crippen LogP contribution in [0.1, 0.15) is 39.1 Å². The molecule has 0 atom stereocenters. The summed E-state index contributed by atoms with van der Waals surface area (Å²) in [5, 5.41) is 3.20. The van der Waals surface area contributed by atoms with E-state index in [1.54, 1.807) is 77.7 Å². The Kier molecular flexibility index (Phi) is 6.81. The number of benzene rings is 3. The highest BCUT2D eigenvalue weighted by Crippen LogP contribution is 2.25. The van der Waals surface area contributed by atoms with Gasteiger partial charge < -0.3 is 10.2 Å². The molecule has 1 saturated heterocycles. The Morgan fingerprint density at radius 2 is 1.58 bits per heavy atom. The zero-order valence-corrected chi connectivity index (χ0v) is 19.4. The summed E-state index contributed by atoms with van der Waals surface area (Å²) in [4.78, 5) is 27.7. The highest BCUT2D eigenvalue weighted by atomic mass is 35.5. The molecule has 33 heavy (non-hydrogen) atoms. The number of likely N-dealkylation sites (tertiary alicyclic amines) is 1. The molecule has 1 fully saturated rings. The molecule has 1 aliphatic heterocycles. The second kappa shape index (κ2) is 9.77. The average Bonchev–Trinajstić information content (AvgIpc) is 3.35. The van der Waals surface area contributed by atoms with Gasteiger partial charge in [-0.15, -0.1) is 0 Å². The zero-order valence-electron chi connectivity index (χ0n) is 17.8. The highest BCUT2D eigenvalue weighted by Gasteiger charge is 2.23. The summed E-state index contributed by atoms with van der Waals surface area (Å²) in [7, 11) is -3.48. The molecule has 0 aliphatic carbocycles. The number of rotatable bonds is 6. The van der Waals surface area contributed by atoms with Crippen LogP contribution in [0.25, 0.3) is 0 Å². The van der Waals surface area contributed by atoms with Crippen LogP contribution in [-0.2, 0) is 15.6 Å². The van der Waals surface area contributed by atoms with Crippen LogP contribution in [0.4, 0.5) is 5.69 Å². The first-order valence-corrected chi connectivity index (χ1v) is 12.6. The van der Waals surface area contributed by atoms with Crippen molar-refractivity contribution in [3.05, 3.63) is 94.5 Å². The van der Waals surface area contributed by atoms with Gasteiger partial charge in [0.05, 0.1) is 21.9 Å². The Balaban J connectivity index is 1.49. The van der Waals surface area contributed by atoms with Crippen molar-refractivity contribution in [3.8, 4) is 0 Å². The lowest BCUT2D eigenvalue weighted by Crippen LogP contribution is -2.28. The molecule has 8 heteroatoms. The van der Waals surface area contributed by atoms with Crippen LogP contribution in [0, 0.1) is 0 Å². The first-order valence-electron chi connectivity index (χ1n) is 10.6. The van der Waals surface area contributed by atoms with Gasteiger partial charge in [0.1, 0.15) is 0 Å². The first kappa shape index (κ1) is 23.0. The fourth-order valence-corrected chi connectivity index (χ4v) is 5.31. The maximum absolute atomic E-state index is 12.9. The predicted molar refractivity (Wildman–Crippen MR) is 128 cm³/mol. The number of hydrogen-bond acceptors (Lipinski definition) is 4. The molecule has 3 aromatic carbocycles. The van der Waals surface area contributed by atoms with E-state index in [9.17, 15) is 18.0 Å². The number of sulfone groups is 1. The maximum Gasteiger partial charge on any atom is 0.256 e. The number of nitrogens with zero attached hydrogens (tertiary/aromatic N) is 1. The number of carbonyl (C=O) groups is 2. The maximum atomic E-state index is 12.9. The summed E-state index contributed by atoms with van der Waals surface area (Å²) in [5.74, 6) is -0.720. The normalized spacial score (nSPS) is 13.7. The summed E-state index contributed by atoms with van der Waals surface area (Å²) < 4.78 is 25.1. The van der Waals surface area contributed by atoms with Gasteiger partial charge in [-0.25, -0.2) is 8.42 Å². The monoisotopic (exact) mass is 482 g/mol. The molecule has 0 spiro atoms. The van der Waals surface area contributed by atoms with E-state index in [1.165, 1.54) is 0 Å². The molecule has 3 aromatic rings. The minimum absolute atomic E-state index is 0.160. The zero-order chi connectivity index (χ0) is 23.4. The van der Waals surface area contributed by atoms with Crippen LogP contribution in [-0.4, -0.2) is 38.2 Å². The number of nitrogens with one attached hydrogen (secondary N) is 1. The van der Waals surface area contributed by atoms with E-state index >= 15 is 0 Å². The lowest BCUT2D eigenvalue weighted by atomic mass is 10.1. The molecule has 4 rings (SSSR count). The number of hydrogen-bond donors (Lipinski definition) is 1. The third kappa shape index (κ3) is 5.43. The Bertz CT molecular complexity index is 1270. The van der Waals surface area contributed by atoms with Gasteiger partial charge in [0.15, 0.2) is 9.84 Å². The van der Waals surface area contributed by atoms with Crippen LogP contribution in [0.5, 0.6) is 0 Å². The van der Waals surface area contributed by atoms with E-state index in [-0.39, 0.29) is 16.6 Å². The van der Waals surface area contributed by atoms with Gasteiger partial charge in [-0.3, -0.25) is 9.59 Å². The smallest absolute Gasteiger partial charge is 0.256 e. The summed E-state index contributed by atoms with van der Waals surface area (Å²) >= 11 is 6.10. The molecule has 0 radical (unpaired) electrons. The fraction of sp³-hybridized carbons (Fsp3) is 0.200. The largest absolute Gasteiger partial charge is 0.339 e. The standard InChI is InChI=1S/C25H23ClN2O4S/c26-20-12-13-23(22(16-20)25(30)28-14-4-5-15-28)27-24(29)19-10-8-18(9-11-19)17-33(31,32)21-6-2-1-3-7-21/h1-3,6-13,16H,4-5,14-15,17H2,(H,27,29). The first-order chi connectivity index (χ1) is 15.8. The molecule has 2 amide bonds. The molecule has 6 nitrogen and oxygen atoms in total. The number of carbonyl (C=O) groups excluding carboxylic acids is 2. The number of anilines is 1. The molecule has 0 saturated carbocycles. The molecule has 0 bridgehead atoms.